The lowest BCUT2D eigenvalue weighted by molar-refractivity contribution is 0.389. The molecule has 0 atom stereocenters. The third-order valence-corrected chi connectivity index (χ3v) is 2.82. The van der Waals surface area contributed by atoms with Gasteiger partial charge in [-0.25, -0.2) is 9.50 Å². The number of benzene rings is 1. The van der Waals surface area contributed by atoms with Crippen LogP contribution in [0.2, 0.25) is 5.15 Å². The fraction of sp³-hybridized carbons (Fsp3) is 0. The van der Waals surface area contributed by atoms with Gasteiger partial charge >= 0.3 is 0 Å². The van der Waals surface area contributed by atoms with Crippen molar-refractivity contribution in [1.82, 2.24) is 14.6 Å². The molecule has 0 unspecified atom stereocenters. The molecule has 0 aliphatic rings. The molecule has 1 aromatic carbocycles. The number of nitrogens with zero attached hydrogens (tertiary/aromatic N) is 3. The van der Waals surface area contributed by atoms with Crippen LogP contribution in [0.1, 0.15) is 0 Å². The summed E-state index contributed by atoms with van der Waals surface area (Å²) in [5.41, 5.74) is 5.13. The van der Waals surface area contributed by atoms with E-state index in [4.69, 9.17) is 16.8 Å². The third kappa shape index (κ3) is 1.79. The standard InChI is InChI=1S/C12H9ClN4O/c13-11-4-5-12-14-7-10(17(12)15-11)8-2-1-3-9(6-8)16-18/h1-7,16,18H. The van der Waals surface area contributed by atoms with Crippen molar-refractivity contribution in [2.75, 3.05) is 5.48 Å². The molecule has 3 rings (SSSR count). The van der Waals surface area contributed by atoms with E-state index in [1.54, 1.807) is 35.0 Å². The van der Waals surface area contributed by atoms with Gasteiger partial charge in [-0.2, -0.15) is 5.10 Å². The Hall–Kier alpha value is -2.11. The molecule has 2 N–H and O–H groups in total. The molecule has 90 valence electrons. The highest BCUT2D eigenvalue weighted by molar-refractivity contribution is 6.29. The molecule has 6 heteroatoms. The second-order valence-corrected chi connectivity index (χ2v) is 4.15. The lowest BCUT2D eigenvalue weighted by Gasteiger charge is -2.03. The molecule has 0 saturated carbocycles. The van der Waals surface area contributed by atoms with Gasteiger partial charge in [0, 0.05) is 5.56 Å². The molecular weight excluding hydrogens is 252 g/mol. The maximum atomic E-state index is 8.91. The number of aromatic nitrogens is 3. The fourth-order valence-electron chi connectivity index (χ4n) is 1.80. The van der Waals surface area contributed by atoms with Gasteiger partial charge in [0.15, 0.2) is 5.65 Å². The smallest absolute Gasteiger partial charge is 0.154 e. The number of hydrogen-bond donors (Lipinski definition) is 2. The Morgan fingerprint density at radius 1 is 1.22 bits per heavy atom. The molecule has 0 radical (unpaired) electrons. The van der Waals surface area contributed by atoms with Crippen molar-refractivity contribution in [3.8, 4) is 11.3 Å². The van der Waals surface area contributed by atoms with Crippen molar-refractivity contribution in [3.63, 3.8) is 0 Å². The summed E-state index contributed by atoms with van der Waals surface area (Å²) in [5.74, 6) is 0. The molecule has 2 aromatic heterocycles. The van der Waals surface area contributed by atoms with Crippen LogP contribution in [0.15, 0.2) is 42.6 Å². The Morgan fingerprint density at radius 2 is 2.11 bits per heavy atom. The Bertz CT molecular complexity index is 710. The largest absolute Gasteiger partial charge is 0.291 e. The van der Waals surface area contributed by atoms with Gasteiger partial charge in [0.2, 0.25) is 0 Å². The predicted molar refractivity (Wildman–Crippen MR) is 68.8 cm³/mol. The van der Waals surface area contributed by atoms with Crippen LogP contribution in [0.25, 0.3) is 16.9 Å². The van der Waals surface area contributed by atoms with Crippen LogP contribution < -0.4 is 5.48 Å². The van der Waals surface area contributed by atoms with E-state index < -0.39 is 0 Å². The summed E-state index contributed by atoms with van der Waals surface area (Å²) in [7, 11) is 0. The summed E-state index contributed by atoms with van der Waals surface area (Å²) in [5, 5.41) is 13.5. The summed E-state index contributed by atoms with van der Waals surface area (Å²) in [6.07, 6.45) is 1.72. The average molecular weight is 261 g/mol. The zero-order chi connectivity index (χ0) is 12.5. The van der Waals surface area contributed by atoms with E-state index in [1.165, 1.54) is 0 Å². The quantitative estimate of drug-likeness (QED) is 0.696. The molecule has 0 saturated heterocycles. The number of anilines is 1. The van der Waals surface area contributed by atoms with Gasteiger partial charge in [-0.15, -0.1) is 0 Å². The van der Waals surface area contributed by atoms with E-state index in [0.29, 0.717) is 10.8 Å². The van der Waals surface area contributed by atoms with Crippen LogP contribution in [0.3, 0.4) is 0 Å². The molecular formula is C12H9ClN4O. The summed E-state index contributed by atoms with van der Waals surface area (Å²) in [6.45, 7) is 0. The summed E-state index contributed by atoms with van der Waals surface area (Å²) >= 11 is 5.88. The zero-order valence-electron chi connectivity index (χ0n) is 9.21. The summed E-state index contributed by atoms with van der Waals surface area (Å²) in [4.78, 5) is 4.25. The van der Waals surface area contributed by atoms with Crippen LogP contribution in [-0.4, -0.2) is 19.8 Å². The molecule has 0 amide bonds. The Labute approximate surface area is 108 Å². The van der Waals surface area contributed by atoms with Crippen LogP contribution in [0, 0.1) is 0 Å². The molecule has 0 aliphatic carbocycles. The van der Waals surface area contributed by atoms with Crippen molar-refractivity contribution >= 4 is 22.9 Å². The molecule has 0 aliphatic heterocycles. The van der Waals surface area contributed by atoms with Crippen LogP contribution >= 0.6 is 11.6 Å². The Kier molecular flexibility index (Phi) is 2.62. The topological polar surface area (TPSA) is 62.5 Å². The number of nitrogens with one attached hydrogen (secondary N) is 1. The second kappa shape index (κ2) is 4.29. The molecule has 0 spiro atoms. The van der Waals surface area contributed by atoms with E-state index in [0.717, 1.165) is 16.9 Å². The maximum Gasteiger partial charge on any atom is 0.154 e. The van der Waals surface area contributed by atoms with Crippen molar-refractivity contribution < 1.29 is 5.21 Å². The summed E-state index contributed by atoms with van der Waals surface area (Å²) < 4.78 is 1.67. The third-order valence-electron chi connectivity index (χ3n) is 2.62. The SMILES string of the molecule is ONc1cccc(-c2cnc3ccc(Cl)nn23)c1. The number of imidazole rings is 1. The first-order valence-corrected chi connectivity index (χ1v) is 5.66. The molecule has 0 fully saturated rings. The second-order valence-electron chi connectivity index (χ2n) is 3.76. The van der Waals surface area contributed by atoms with Crippen LogP contribution in [0.4, 0.5) is 5.69 Å². The molecule has 2 heterocycles. The van der Waals surface area contributed by atoms with Gasteiger partial charge < -0.3 is 0 Å². The van der Waals surface area contributed by atoms with Crippen LogP contribution in [0.5, 0.6) is 0 Å². The number of halogens is 1. The first kappa shape index (κ1) is 11.0. The highest BCUT2D eigenvalue weighted by atomic mass is 35.5. The van der Waals surface area contributed by atoms with Gasteiger partial charge in [0.1, 0.15) is 5.15 Å². The van der Waals surface area contributed by atoms with Gasteiger partial charge in [-0.05, 0) is 24.3 Å². The van der Waals surface area contributed by atoms with E-state index in [-0.39, 0.29) is 0 Å². The van der Waals surface area contributed by atoms with E-state index in [2.05, 4.69) is 15.6 Å². The monoisotopic (exact) mass is 260 g/mol. The minimum Gasteiger partial charge on any atom is -0.291 e. The average Bonchev–Trinajstić information content (AvgIpc) is 2.81. The first-order valence-electron chi connectivity index (χ1n) is 5.29. The lowest BCUT2D eigenvalue weighted by Crippen LogP contribution is -1.95. The zero-order valence-corrected chi connectivity index (χ0v) is 9.96. The Morgan fingerprint density at radius 3 is 2.94 bits per heavy atom. The molecule has 0 bridgehead atoms. The highest BCUT2D eigenvalue weighted by Gasteiger charge is 2.07. The number of rotatable bonds is 2. The first-order chi connectivity index (χ1) is 8.78. The van der Waals surface area contributed by atoms with Crippen molar-refractivity contribution in [1.29, 1.82) is 0 Å². The van der Waals surface area contributed by atoms with Crippen molar-refractivity contribution in [2.45, 2.75) is 0 Å². The van der Waals surface area contributed by atoms with Gasteiger partial charge in [0.05, 0.1) is 17.6 Å². The minimum absolute atomic E-state index is 0.401. The van der Waals surface area contributed by atoms with Crippen LogP contribution in [-0.2, 0) is 0 Å². The minimum atomic E-state index is 0.401. The predicted octanol–water partition coefficient (Wildman–Crippen LogP) is 2.85. The van der Waals surface area contributed by atoms with E-state index >= 15 is 0 Å². The molecule has 18 heavy (non-hydrogen) atoms. The highest BCUT2D eigenvalue weighted by Crippen LogP contribution is 2.23. The van der Waals surface area contributed by atoms with Crippen molar-refractivity contribution in [3.05, 3.63) is 47.7 Å². The van der Waals surface area contributed by atoms with Gasteiger partial charge in [0.25, 0.3) is 0 Å². The summed E-state index contributed by atoms with van der Waals surface area (Å²) in [6, 6.07) is 10.8. The fourth-order valence-corrected chi connectivity index (χ4v) is 1.93. The lowest BCUT2D eigenvalue weighted by atomic mass is 10.1. The number of fused-ring (bicyclic) bond motifs is 1. The maximum absolute atomic E-state index is 8.91. The van der Waals surface area contributed by atoms with Crippen molar-refractivity contribution in [2.24, 2.45) is 0 Å². The normalized spacial score (nSPS) is 10.8. The van der Waals surface area contributed by atoms with Gasteiger partial charge in [-0.1, -0.05) is 23.7 Å². The van der Waals surface area contributed by atoms with E-state index in [1.807, 2.05) is 12.1 Å². The van der Waals surface area contributed by atoms with E-state index in [9.17, 15) is 0 Å². The number of hydrogen-bond acceptors (Lipinski definition) is 4. The molecule has 3 aromatic rings. The molecule has 5 nitrogen and oxygen atoms in total. The van der Waals surface area contributed by atoms with Gasteiger partial charge in [-0.3, -0.25) is 10.7 Å². The Balaban J connectivity index is 2.21.